The van der Waals surface area contributed by atoms with Gasteiger partial charge in [-0.1, -0.05) is 35.9 Å². The summed E-state index contributed by atoms with van der Waals surface area (Å²) in [6.45, 7) is 1.06. The van der Waals surface area contributed by atoms with Gasteiger partial charge in [0.25, 0.3) is 11.5 Å². The van der Waals surface area contributed by atoms with Gasteiger partial charge in [0.1, 0.15) is 5.82 Å². The van der Waals surface area contributed by atoms with Crippen molar-refractivity contribution in [1.82, 2.24) is 9.78 Å². The highest BCUT2D eigenvalue weighted by atomic mass is 35.5. The Hall–Kier alpha value is -3.72. The molecule has 0 aliphatic carbocycles. The van der Waals surface area contributed by atoms with Crippen LogP contribution in [0.1, 0.15) is 17.4 Å². The fraction of sp³-hybridized carbons (Fsp3) is 0.143. The maximum atomic E-state index is 13.7. The molecule has 2 aromatic carbocycles. The Bertz CT molecular complexity index is 1180. The Kier molecular flexibility index (Phi) is 6.99. The van der Waals surface area contributed by atoms with Crippen LogP contribution in [-0.4, -0.2) is 34.9 Å². The van der Waals surface area contributed by atoms with E-state index in [4.69, 9.17) is 21.1 Å². The van der Waals surface area contributed by atoms with E-state index >= 15 is 0 Å². The number of rotatable bonds is 7. The molecule has 3 aromatic rings. The molecule has 0 fully saturated rings. The van der Waals surface area contributed by atoms with Crippen molar-refractivity contribution in [3.63, 3.8) is 0 Å². The van der Waals surface area contributed by atoms with Crippen LogP contribution < -0.4 is 15.6 Å². The van der Waals surface area contributed by atoms with Gasteiger partial charge >= 0.3 is 5.97 Å². The summed E-state index contributed by atoms with van der Waals surface area (Å²) in [4.78, 5) is 37.1. The third-order valence-electron chi connectivity index (χ3n) is 3.95. The van der Waals surface area contributed by atoms with Gasteiger partial charge in [0.05, 0.1) is 29.1 Å². The van der Waals surface area contributed by atoms with Crippen molar-refractivity contribution in [2.45, 2.75) is 6.92 Å². The first-order chi connectivity index (χ1) is 14.9. The zero-order valence-electron chi connectivity index (χ0n) is 16.3. The van der Waals surface area contributed by atoms with Crippen molar-refractivity contribution in [3.05, 3.63) is 81.5 Å². The Morgan fingerprint density at radius 1 is 1.16 bits per heavy atom. The normalized spacial score (nSPS) is 10.4. The van der Waals surface area contributed by atoms with Crippen LogP contribution in [-0.2, 0) is 9.53 Å². The van der Waals surface area contributed by atoms with E-state index in [9.17, 15) is 18.8 Å². The lowest BCUT2D eigenvalue weighted by molar-refractivity contribution is -0.118. The van der Waals surface area contributed by atoms with Crippen molar-refractivity contribution in [3.8, 4) is 11.4 Å². The molecule has 31 heavy (non-hydrogen) atoms. The molecule has 0 bridgehead atoms. The van der Waals surface area contributed by atoms with Crippen LogP contribution >= 0.6 is 11.6 Å². The summed E-state index contributed by atoms with van der Waals surface area (Å²) in [6.07, 6.45) is 0. The first kappa shape index (κ1) is 22.0. The summed E-state index contributed by atoms with van der Waals surface area (Å²) in [7, 11) is 0. The molecule has 8 nitrogen and oxygen atoms in total. The number of amides is 1. The molecule has 1 amide bonds. The van der Waals surface area contributed by atoms with Gasteiger partial charge in [-0.05, 0) is 31.2 Å². The van der Waals surface area contributed by atoms with Gasteiger partial charge in [-0.2, -0.15) is 9.78 Å². The summed E-state index contributed by atoms with van der Waals surface area (Å²) in [5.74, 6) is -2.43. The maximum absolute atomic E-state index is 13.7. The minimum atomic E-state index is -0.854. The fourth-order valence-corrected chi connectivity index (χ4v) is 2.80. The molecular formula is C21H17ClFN3O5. The van der Waals surface area contributed by atoms with Gasteiger partial charge in [0, 0.05) is 0 Å². The van der Waals surface area contributed by atoms with Crippen LogP contribution in [0.15, 0.2) is 59.4 Å². The van der Waals surface area contributed by atoms with E-state index in [1.165, 1.54) is 18.2 Å². The van der Waals surface area contributed by atoms with Gasteiger partial charge < -0.3 is 14.8 Å². The number of halogens is 2. The number of esters is 1. The largest absolute Gasteiger partial charge is 0.481 e. The van der Waals surface area contributed by atoms with E-state index in [2.05, 4.69) is 10.4 Å². The van der Waals surface area contributed by atoms with E-state index in [0.717, 1.165) is 10.7 Å². The Balaban J connectivity index is 1.88. The van der Waals surface area contributed by atoms with Crippen LogP contribution in [0, 0.1) is 5.82 Å². The second-order valence-electron chi connectivity index (χ2n) is 6.10. The quantitative estimate of drug-likeness (QED) is 0.560. The predicted molar refractivity (Wildman–Crippen MR) is 111 cm³/mol. The fourth-order valence-electron chi connectivity index (χ4n) is 2.58. The minimum Gasteiger partial charge on any atom is -0.481 e. The first-order valence-electron chi connectivity index (χ1n) is 9.14. The number of anilines is 1. The molecular weight excluding hydrogens is 429 g/mol. The molecule has 0 saturated heterocycles. The monoisotopic (exact) mass is 445 g/mol. The van der Waals surface area contributed by atoms with Crippen LogP contribution in [0.3, 0.4) is 0 Å². The number of nitrogens with one attached hydrogen (secondary N) is 1. The average molecular weight is 446 g/mol. The van der Waals surface area contributed by atoms with Crippen LogP contribution in [0.4, 0.5) is 10.1 Å². The third-order valence-corrected chi connectivity index (χ3v) is 4.27. The highest BCUT2D eigenvalue weighted by Crippen LogP contribution is 2.21. The van der Waals surface area contributed by atoms with Gasteiger partial charge in [0.2, 0.25) is 5.69 Å². The molecule has 0 unspecified atom stereocenters. The number of aromatic nitrogens is 2. The number of hydrogen-bond donors (Lipinski definition) is 1. The SMILES string of the molecule is CCOC(=O)c1nn(-c2ccccc2Cl)c(=O)cc1OCC(=O)Nc1ccccc1F. The second-order valence-corrected chi connectivity index (χ2v) is 6.50. The van der Waals surface area contributed by atoms with E-state index in [1.807, 2.05) is 0 Å². The Morgan fingerprint density at radius 3 is 2.58 bits per heavy atom. The number of benzene rings is 2. The average Bonchev–Trinajstić information content (AvgIpc) is 2.75. The number of hydrogen-bond acceptors (Lipinski definition) is 6. The van der Waals surface area contributed by atoms with Crippen LogP contribution in [0.5, 0.6) is 5.75 Å². The van der Waals surface area contributed by atoms with Gasteiger partial charge in [-0.25, -0.2) is 9.18 Å². The predicted octanol–water partition coefficient (Wildman–Crippen LogP) is 3.22. The molecule has 0 aliphatic heterocycles. The number of carbonyl (C=O) groups is 2. The van der Waals surface area contributed by atoms with Crippen LogP contribution in [0.2, 0.25) is 5.02 Å². The highest BCUT2D eigenvalue weighted by molar-refractivity contribution is 6.32. The number of ether oxygens (including phenoxy) is 2. The van der Waals surface area contributed by atoms with Crippen molar-refractivity contribution in [2.24, 2.45) is 0 Å². The molecule has 0 radical (unpaired) electrons. The lowest BCUT2D eigenvalue weighted by Gasteiger charge is -2.13. The van der Waals surface area contributed by atoms with E-state index < -0.39 is 29.9 Å². The summed E-state index contributed by atoms with van der Waals surface area (Å²) in [5, 5.41) is 6.60. The van der Waals surface area contributed by atoms with Crippen molar-refractivity contribution in [1.29, 1.82) is 0 Å². The van der Waals surface area contributed by atoms with Crippen molar-refractivity contribution < 1.29 is 23.5 Å². The summed E-state index contributed by atoms with van der Waals surface area (Å²) in [6, 6.07) is 13.0. The number of carbonyl (C=O) groups excluding carboxylic acids is 2. The third kappa shape index (κ3) is 5.26. The molecule has 0 saturated carbocycles. The first-order valence-corrected chi connectivity index (χ1v) is 9.52. The van der Waals surface area contributed by atoms with E-state index in [1.54, 1.807) is 37.3 Å². The zero-order valence-corrected chi connectivity index (χ0v) is 17.1. The van der Waals surface area contributed by atoms with Gasteiger partial charge in [-0.3, -0.25) is 9.59 Å². The summed E-state index contributed by atoms with van der Waals surface area (Å²) < 4.78 is 24.9. The number of nitrogens with zero attached hydrogens (tertiary/aromatic N) is 2. The van der Waals surface area contributed by atoms with Crippen molar-refractivity contribution in [2.75, 3.05) is 18.5 Å². The smallest absolute Gasteiger partial charge is 0.362 e. The van der Waals surface area contributed by atoms with Gasteiger partial charge in [0.15, 0.2) is 12.4 Å². The molecule has 1 heterocycles. The Morgan fingerprint density at radius 2 is 1.87 bits per heavy atom. The van der Waals surface area contributed by atoms with E-state index in [0.29, 0.717) is 0 Å². The topological polar surface area (TPSA) is 99.5 Å². The van der Waals surface area contributed by atoms with E-state index in [-0.39, 0.29) is 34.4 Å². The molecule has 0 spiro atoms. The molecule has 3 rings (SSSR count). The molecule has 1 N–H and O–H groups in total. The molecule has 0 atom stereocenters. The van der Waals surface area contributed by atoms with Gasteiger partial charge in [-0.15, -0.1) is 0 Å². The minimum absolute atomic E-state index is 0.0334. The number of para-hydroxylation sites is 2. The van der Waals surface area contributed by atoms with Crippen LogP contribution in [0.25, 0.3) is 5.69 Å². The zero-order chi connectivity index (χ0) is 22.4. The summed E-state index contributed by atoms with van der Waals surface area (Å²) in [5.41, 5.74) is -0.747. The molecule has 10 heteroatoms. The molecule has 160 valence electrons. The summed E-state index contributed by atoms with van der Waals surface area (Å²) >= 11 is 6.13. The maximum Gasteiger partial charge on any atom is 0.362 e. The Labute approximate surface area is 181 Å². The standard InChI is InChI=1S/C21H17ClFN3O5/c1-2-30-21(29)20-17(31-12-18(27)24-15-9-5-4-8-14(15)23)11-19(28)26(25-20)16-10-6-3-7-13(16)22/h3-11H,2,12H2,1H3,(H,24,27). The lowest BCUT2D eigenvalue weighted by Crippen LogP contribution is -2.27. The van der Waals surface area contributed by atoms with Crippen molar-refractivity contribution >= 4 is 29.2 Å². The molecule has 1 aromatic heterocycles. The highest BCUT2D eigenvalue weighted by Gasteiger charge is 2.21. The lowest BCUT2D eigenvalue weighted by atomic mass is 10.3. The molecule has 0 aliphatic rings. The second kappa shape index (κ2) is 9.86.